The highest BCUT2D eigenvalue weighted by molar-refractivity contribution is 7.99. The lowest BCUT2D eigenvalue weighted by molar-refractivity contribution is -0.142. The van der Waals surface area contributed by atoms with Gasteiger partial charge in [-0.15, -0.1) is 0 Å². The summed E-state index contributed by atoms with van der Waals surface area (Å²) in [7, 11) is -3.70. The molecule has 2 rings (SSSR count). The molecule has 168 valence electrons. The van der Waals surface area contributed by atoms with Crippen LogP contribution in [0.4, 0.5) is 0 Å². The van der Waals surface area contributed by atoms with E-state index in [1.807, 2.05) is 39.0 Å². The van der Waals surface area contributed by atoms with Gasteiger partial charge < -0.3 is 9.26 Å². The molecule has 2 aromatic carbocycles. The molecule has 0 saturated carbocycles. The van der Waals surface area contributed by atoms with Crippen LogP contribution in [0.25, 0.3) is 0 Å². The lowest BCUT2D eigenvalue weighted by Crippen LogP contribution is -2.17. The number of aryl methyl sites for hydroxylation is 2. The molecule has 0 aliphatic heterocycles. The molecule has 0 spiro atoms. The summed E-state index contributed by atoms with van der Waals surface area (Å²) in [5.74, 6) is 0.516. The van der Waals surface area contributed by atoms with Crippen LogP contribution in [0.1, 0.15) is 54.2 Å². The summed E-state index contributed by atoms with van der Waals surface area (Å²) in [5, 5.41) is 0.533. The van der Waals surface area contributed by atoms with Crippen molar-refractivity contribution < 1.29 is 23.4 Å². The van der Waals surface area contributed by atoms with Crippen molar-refractivity contribution in [1.29, 1.82) is 0 Å². The monoisotopic (exact) mass is 462 g/mol. The van der Waals surface area contributed by atoms with Crippen LogP contribution in [0.2, 0.25) is 0 Å². The summed E-state index contributed by atoms with van der Waals surface area (Å²) >= 11 is 1.66. The summed E-state index contributed by atoms with van der Waals surface area (Å²) in [4.78, 5) is 25.1. The van der Waals surface area contributed by atoms with Crippen LogP contribution in [0.3, 0.4) is 0 Å². The molecule has 0 fully saturated rings. The van der Waals surface area contributed by atoms with Gasteiger partial charge in [0.05, 0.1) is 19.6 Å². The quantitative estimate of drug-likeness (QED) is 0.317. The number of hydrogen-bond acceptors (Lipinski definition) is 6. The predicted octanol–water partition coefficient (Wildman–Crippen LogP) is 5.66. The number of carbonyl (C=O) groups is 2. The zero-order valence-electron chi connectivity index (χ0n) is 18.8. The van der Waals surface area contributed by atoms with Crippen molar-refractivity contribution in [3.05, 3.63) is 64.7 Å². The SMILES string of the molecule is CCOC(=O)CC(C)SCc1cc(C)c(C(=O)P(=O)(OCC)c2ccccc2)c(C)c1. The molecule has 0 saturated heterocycles. The Labute approximate surface area is 189 Å². The fraction of sp³-hybridized carbons (Fsp3) is 0.417. The van der Waals surface area contributed by atoms with Gasteiger partial charge in [0.15, 0.2) is 0 Å². The van der Waals surface area contributed by atoms with Crippen molar-refractivity contribution in [2.45, 2.75) is 52.0 Å². The average molecular weight is 463 g/mol. The van der Waals surface area contributed by atoms with Crippen LogP contribution in [-0.2, 0) is 24.4 Å². The molecule has 0 N–H and O–H groups in total. The zero-order valence-corrected chi connectivity index (χ0v) is 20.6. The molecular weight excluding hydrogens is 431 g/mol. The Morgan fingerprint density at radius 2 is 1.65 bits per heavy atom. The highest BCUT2D eigenvalue weighted by Gasteiger charge is 2.37. The molecule has 0 heterocycles. The second-order valence-electron chi connectivity index (χ2n) is 7.35. The van der Waals surface area contributed by atoms with E-state index in [0.717, 1.165) is 16.7 Å². The van der Waals surface area contributed by atoms with Crippen molar-refractivity contribution in [2.24, 2.45) is 0 Å². The van der Waals surface area contributed by atoms with Crippen LogP contribution in [0.15, 0.2) is 42.5 Å². The highest BCUT2D eigenvalue weighted by atomic mass is 32.2. The number of benzene rings is 2. The summed E-state index contributed by atoms with van der Waals surface area (Å²) < 4.78 is 24.2. The molecule has 0 amide bonds. The number of rotatable bonds is 11. The average Bonchev–Trinajstić information content (AvgIpc) is 2.72. The first-order valence-electron chi connectivity index (χ1n) is 10.4. The van der Waals surface area contributed by atoms with Gasteiger partial charge in [-0.1, -0.05) is 37.3 Å². The molecule has 7 heteroatoms. The van der Waals surface area contributed by atoms with Crippen LogP contribution < -0.4 is 5.30 Å². The van der Waals surface area contributed by atoms with Crippen molar-refractivity contribution >= 4 is 35.9 Å². The van der Waals surface area contributed by atoms with Crippen molar-refractivity contribution in [1.82, 2.24) is 0 Å². The largest absolute Gasteiger partial charge is 0.466 e. The first kappa shape index (κ1) is 25.4. The number of ether oxygens (including phenoxy) is 1. The summed E-state index contributed by atoms with van der Waals surface area (Å²) in [6, 6.07) is 12.6. The van der Waals surface area contributed by atoms with Gasteiger partial charge in [0.2, 0.25) is 0 Å². The van der Waals surface area contributed by atoms with E-state index in [4.69, 9.17) is 9.26 Å². The van der Waals surface area contributed by atoms with Gasteiger partial charge in [0.1, 0.15) is 0 Å². The Bertz CT molecular complexity index is 935. The summed E-state index contributed by atoms with van der Waals surface area (Å²) in [6.07, 6.45) is 0.363. The molecule has 0 bridgehead atoms. The van der Waals surface area contributed by atoms with Gasteiger partial charge >= 0.3 is 13.3 Å². The second kappa shape index (κ2) is 11.7. The van der Waals surface area contributed by atoms with Gasteiger partial charge in [0, 0.05) is 21.9 Å². The maximum Gasteiger partial charge on any atom is 0.306 e. The zero-order chi connectivity index (χ0) is 23.0. The number of thioether (sulfide) groups is 1. The van der Waals surface area contributed by atoms with Crippen LogP contribution >= 0.6 is 19.1 Å². The molecule has 2 aromatic rings. The van der Waals surface area contributed by atoms with E-state index in [2.05, 4.69) is 0 Å². The number of carbonyl (C=O) groups excluding carboxylic acids is 2. The molecule has 0 aliphatic rings. The lowest BCUT2D eigenvalue weighted by atomic mass is 10.0. The van der Waals surface area contributed by atoms with Gasteiger partial charge in [-0.3, -0.25) is 14.2 Å². The second-order valence-corrected chi connectivity index (χ2v) is 11.1. The summed E-state index contributed by atoms with van der Waals surface area (Å²) in [6.45, 7) is 9.82. The Morgan fingerprint density at radius 1 is 1.03 bits per heavy atom. The minimum Gasteiger partial charge on any atom is -0.466 e. The molecular formula is C24H31O5PS. The van der Waals surface area contributed by atoms with Gasteiger partial charge in [-0.2, -0.15) is 11.8 Å². The number of hydrogen-bond donors (Lipinski definition) is 0. The van der Waals surface area contributed by atoms with Crippen LogP contribution in [0, 0.1) is 13.8 Å². The Morgan fingerprint density at radius 3 is 2.19 bits per heavy atom. The normalized spacial score (nSPS) is 14.0. The van der Waals surface area contributed by atoms with Crippen LogP contribution in [0.5, 0.6) is 0 Å². The molecule has 0 aliphatic carbocycles. The maximum absolute atomic E-state index is 13.7. The Hall–Kier alpha value is -1.88. The van der Waals surface area contributed by atoms with Gasteiger partial charge in [0.25, 0.3) is 5.52 Å². The number of esters is 1. The van der Waals surface area contributed by atoms with E-state index in [1.54, 1.807) is 49.9 Å². The minimum atomic E-state index is -3.70. The Kier molecular flexibility index (Phi) is 9.54. The van der Waals surface area contributed by atoms with E-state index in [0.29, 0.717) is 29.6 Å². The first-order valence-corrected chi connectivity index (χ1v) is 13.1. The molecule has 0 aromatic heterocycles. The maximum atomic E-state index is 13.7. The van der Waals surface area contributed by atoms with E-state index < -0.39 is 12.9 Å². The first-order chi connectivity index (χ1) is 14.7. The third-order valence-electron chi connectivity index (χ3n) is 4.77. The van der Waals surface area contributed by atoms with Gasteiger partial charge in [-0.05, 0) is 56.5 Å². The topological polar surface area (TPSA) is 69.7 Å². The van der Waals surface area contributed by atoms with E-state index >= 15 is 0 Å². The van der Waals surface area contributed by atoms with Crippen molar-refractivity contribution in [2.75, 3.05) is 13.2 Å². The molecule has 2 unspecified atom stereocenters. The van der Waals surface area contributed by atoms with Crippen molar-refractivity contribution in [3.8, 4) is 0 Å². The third kappa shape index (κ3) is 6.55. The fourth-order valence-corrected chi connectivity index (χ4v) is 6.40. The summed E-state index contributed by atoms with van der Waals surface area (Å²) in [5.41, 5.74) is 2.58. The lowest BCUT2D eigenvalue weighted by Gasteiger charge is -2.20. The third-order valence-corrected chi connectivity index (χ3v) is 8.37. The van der Waals surface area contributed by atoms with E-state index in [-0.39, 0.29) is 17.8 Å². The smallest absolute Gasteiger partial charge is 0.306 e. The fourth-order valence-electron chi connectivity index (χ4n) is 3.43. The Balaban J connectivity index is 2.24. The standard InChI is InChI=1S/C24H31O5PS/c1-6-28-22(25)15-19(5)31-16-20-13-17(3)23(18(4)14-20)24(26)30(27,29-7-2)21-11-9-8-10-12-21/h8-14,19H,6-7,15-16H2,1-5H3. The molecule has 31 heavy (non-hydrogen) atoms. The highest BCUT2D eigenvalue weighted by Crippen LogP contribution is 2.50. The van der Waals surface area contributed by atoms with Crippen molar-refractivity contribution in [3.63, 3.8) is 0 Å². The molecule has 2 atom stereocenters. The van der Waals surface area contributed by atoms with Gasteiger partial charge in [-0.25, -0.2) is 0 Å². The molecule has 0 radical (unpaired) electrons. The molecule has 5 nitrogen and oxygen atoms in total. The van der Waals surface area contributed by atoms with E-state index in [9.17, 15) is 14.2 Å². The minimum absolute atomic E-state index is 0.122. The predicted molar refractivity (Wildman–Crippen MR) is 128 cm³/mol. The van der Waals surface area contributed by atoms with E-state index in [1.165, 1.54) is 0 Å². The van der Waals surface area contributed by atoms with Crippen LogP contribution in [-0.4, -0.2) is 30.0 Å².